The second-order valence-corrected chi connectivity index (χ2v) is 9.82. The lowest BCUT2D eigenvalue weighted by atomic mass is 10.0. The van der Waals surface area contributed by atoms with E-state index < -0.39 is 0 Å². The van der Waals surface area contributed by atoms with Gasteiger partial charge >= 0.3 is 0 Å². The Labute approximate surface area is 200 Å². The standard InChI is InChI=1S/C25H37Br2N2O/c1-6-10-24-21(8-3)15-19(7-2)18-29(24)13-11-20-16-22(26)25(23(27)17-20)30-14-9-12-28(4)5/h15-18H,6-14H2,1-5H3/q+1. The summed E-state index contributed by atoms with van der Waals surface area (Å²) in [7, 11) is 4.18. The van der Waals surface area contributed by atoms with Crippen LogP contribution in [-0.4, -0.2) is 32.1 Å². The molecule has 0 radical (unpaired) electrons. The lowest BCUT2D eigenvalue weighted by Gasteiger charge is -2.14. The van der Waals surface area contributed by atoms with Crippen molar-refractivity contribution in [3.63, 3.8) is 0 Å². The lowest BCUT2D eigenvalue weighted by molar-refractivity contribution is -0.704. The average Bonchev–Trinajstić information content (AvgIpc) is 2.71. The van der Waals surface area contributed by atoms with E-state index in [2.05, 4.69) is 101 Å². The maximum absolute atomic E-state index is 6.02. The third kappa shape index (κ3) is 7.35. The van der Waals surface area contributed by atoms with Crippen LogP contribution in [0.5, 0.6) is 5.75 Å². The smallest absolute Gasteiger partial charge is 0.184 e. The van der Waals surface area contributed by atoms with Crippen molar-refractivity contribution in [2.75, 3.05) is 27.2 Å². The van der Waals surface area contributed by atoms with Gasteiger partial charge in [-0.1, -0.05) is 20.8 Å². The second kappa shape index (κ2) is 12.8. The molecule has 0 bridgehead atoms. The van der Waals surface area contributed by atoms with Gasteiger partial charge in [0.25, 0.3) is 0 Å². The first-order valence-corrected chi connectivity index (χ1v) is 12.8. The van der Waals surface area contributed by atoms with Gasteiger partial charge in [-0.3, -0.25) is 0 Å². The number of rotatable bonds is 12. The number of hydrogen-bond donors (Lipinski definition) is 0. The first-order valence-electron chi connectivity index (χ1n) is 11.2. The van der Waals surface area contributed by atoms with Crippen LogP contribution in [0.25, 0.3) is 0 Å². The van der Waals surface area contributed by atoms with Crippen molar-refractivity contribution in [1.29, 1.82) is 0 Å². The minimum absolute atomic E-state index is 0.717. The molecule has 0 amide bonds. The Hall–Kier alpha value is -0.910. The maximum atomic E-state index is 6.02. The second-order valence-electron chi connectivity index (χ2n) is 8.11. The highest BCUT2D eigenvalue weighted by Crippen LogP contribution is 2.35. The van der Waals surface area contributed by atoms with Gasteiger partial charge in [-0.15, -0.1) is 0 Å². The number of hydrogen-bond acceptors (Lipinski definition) is 2. The fourth-order valence-electron chi connectivity index (χ4n) is 3.75. The van der Waals surface area contributed by atoms with E-state index in [0.717, 1.165) is 59.9 Å². The molecule has 0 aliphatic heterocycles. The molecule has 1 aromatic heterocycles. The van der Waals surface area contributed by atoms with E-state index in [9.17, 15) is 0 Å². The summed E-state index contributed by atoms with van der Waals surface area (Å²) in [5, 5.41) is 0. The summed E-state index contributed by atoms with van der Waals surface area (Å²) < 4.78 is 10.6. The van der Waals surface area contributed by atoms with E-state index in [1.54, 1.807) is 0 Å². The van der Waals surface area contributed by atoms with Crippen molar-refractivity contribution in [2.24, 2.45) is 0 Å². The summed E-state index contributed by atoms with van der Waals surface area (Å²) in [6.07, 6.45) is 8.86. The van der Waals surface area contributed by atoms with Crippen LogP contribution in [0.15, 0.2) is 33.3 Å². The predicted octanol–water partition coefficient (Wildman–Crippen LogP) is 6.15. The quantitative estimate of drug-likeness (QED) is 0.237. The van der Waals surface area contributed by atoms with Crippen LogP contribution in [0.4, 0.5) is 0 Å². The van der Waals surface area contributed by atoms with Crippen molar-refractivity contribution in [1.82, 2.24) is 4.90 Å². The number of halogens is 2. The van der Waals surface area contributed by atoms with Crippen molar-refractivity contribution in [2.45, 2.75) is 65.8 Å². The highest BCUT2D eigenvalue weighted by atomic mass is 79.9. The molecule has 0 N–H and O–H groups in total. The van der Waals surface area contributed by atoms with Gasteiger partial charge < -0.3 is 9.64 Å². The van der Waals surface area contributed by atoms with Gasteiger partial charge in [0, 0.05) is 30.5 Å². The highest BCUT2D eigenvalue weighted by Gasteiger charge is 2.17. The Morgan fingerprint density at radius 1 is 0.933 bits per heavy atom. The average molecular weight is 541 g/mol. The van der Waals surface area contributed by atoms with Crippen LogP contribution in [-0.2, 0) is 32.2 Å². The number of ether oxygens (including phenoxy) is 1. The molecule has 1 heterocycles. The monoisotopic (exact) mass is 539 g/mol. The van der Waals surface area contributed by atoms with Crippen LogP contribution in [0, 0.1) is 0 Å². The first-order chi connectivity index (χ1) is 14.4. The van der Waals surface area contributed by atoms with Crippen LogP contribution in [0.2, 0.25) is 0 Å². The largest absolute Gasteiger partial charge is 0.491 e. The van der Waals surface area contributed by atoms with Crippen molar-refractivity contribution < 1.29 is 9.30 Å². The highest BCUT2D eigenvalue weighted by molar-refractivity contribution is 9.11. The van der Waals surface area contributed by atoms with Gasteiger partial charge in [0.15, 0.2) is 18.4 Å². The molecule has 30 heavy (non-hydrogen) atoms. The van der Waals surface area contributed by atoms with Gasteiger partial charge in [-0.2, -0.15) is 0 Å². The number of benzene rings is 1. The van der Waals surface area contributed by atoms with E-state index >= 15 is 0 Å². The molecule has 0 aliphatic carbocycles. The fourth-order valence-corrected chi connectivity index (χ4v) is 5.26. The summed E-state index contributed by atoms with van der Waals surface area (Å²) in [6.45, 7) is 9.52. The number of pyridine rings is 1. The molecule has 1 aromatic carbocycles. The van der Waals surface area contributed by atoms with Gasteiger partial charge in [0.1, 0.15) is 5.75 Å². The molecule has 166 valence electrons. The van der Waals surface area contributed by atoms with Gasteiger partial charge in [-0.05, 0) is 95.4 Å². The Morgan fingerprint density at radius 3 is 2.20 bits per heavy atom. The maximum Gasteiger partial charge on any atom is 0.184 e. The molecule has 2 rings (SSSR count). The molecule has 0 fully saturated rings. The Balaban J connectivity index is 2.14. The third-order valence-electron chi connectivity index (χ3n) is 5.37. The van der Waals surface area contributed by atoms with Crippen molar-refractivity contribution in [3.05, 3.63) is 55.7 Å². The zero-order valence-corrected chi connectivity index (χ0v) is 22.4. The molecule has 0 saturated heterocycles. The van der Waals surface area contributed by atoms with E-state index in [0.29, 0.717) is 6.61 Å². The molecule has 5 heteroatoms. The third-order valence-corrected chi connectivity index (χ3v) is 6.55. The van der Waals surface area contributed by atoms with Crippen LogP contribution >= 0.6 is 31.9 Å². The molecule has 0 aliphatic rings. The molecule has 0 saturated carbocycles. The first kappa shape index (κ1) is 25.4. The number of aryl methyl sites for hydroxylation is 4. The summed E-state index contributed by atoms with van der Waals surface area (Å²) in [5.74, 6) is 0.901. The van der Waals surface area contributed by atoms with Crippen LogP contribution in [0.3, 0.4) is 0 Å². The SMILES string of the molecule is CCCc1c(CC)cc(CC)c[n+]1CCc1cc(Br)c(OCCCN(C)C)c(Br)c1. The Bertz CT molecular complexity index is 798. The van der Waals surface area contributed by atoms with Crippen molar-refractivity contribution >= 4 is 31.9 Å². The van der Waals surface area contributed by atoms with Gasteiger partial charge in [0.2, 0.25) is 0 Å². The van der Waals surface area contributed by atoms with Gasteiger partial charge in [-0.25, -0.2) is 4.57 Å². The van der Waals surface area contributed by atoms with Crippen LogP contribution in [0.1, 0.15) is 56.0 Å². The predicted molar refractivity (Wildman–Crippen MR) is 134 cm³/mol. The minimum atomic E-state index is 0.717. The van der Waals surface area contributed by atoms with E-state index in [-0.39, 0.29) is 0 Å². The van der Waals surface area contributed by atoms with Gasteiger partial charge in [0.05, 0.1) is 15.6 Å². The zero-order valence-electron chi connectivity index (χ0n) is 19.2. The Kier molecular flexibility index (Phi) is 10.8. The molecule has 0 unspecified atom stereocenters. The molecule has 2 aromatic rings. The Morgan fingerprint density at radius 2 is 1.63 bits per heavy atom. The molecule has 3 nitrogen and oxygen atoms in total. The van der Waals surface area contributed by atoms with Crippen molar-refractivity contribution in [3.8, 4) is 5.75 Å². The molecule has 0 spiro atoms. The molecular weight excluding hydrogens is 504 g/mol. The summed E-state index contributed by atoms with van der Waals surface area (Å²) in [4.78, 5) is 2.18. The lowest BCUT2D eigenvalue weighted by Crippen LogP contribution is -2.41. The minimum Gasteiger partial charge on any atom is -0.491 e. The molecular formula is C25H37Br2N2O+. The summed E-state index contributed by atoms with van der Waals surface area (Å²) >= 11 is 7.44. The van der Waals surface area contributed by atoms with E-state index in [1.807, 2.05) is 0 Å². The topological polar surface area (TPSA) is 16.4 Å². The fraction of sp³-hybridized carbons (Fsp3) is 0.560. The zero-order chi connectivity index (χ0) is 22.1. The summed E-state index contributed by atoms with van der Waals surface area (Å²) in [5.41, 5.74) is 5.73. The van der Waals surface area contributed by atoms with E-state index in [4.69, 9.17) is 4.74 Å². The number of aromatic nitrogens is 1. The normalized spacial score (nSPS) is 11.3. The summed E-state index contributed by atoms with van der Waals surface area (Å²) in [6, 6.07) is 6.81. The van der Waals surface area contributed by atoms with Crippen LogP contribution < -0.4 is 9.30 Å². The van der Waals surface area contributed by atoms with E-state index in [1.165, 1.54) is 28.8 Å². The number of nitrogens with zero attached hydrogens (tertiary/aromatic N) is 2. The molecule has 0 atom stereocenters.